The molecule has 1 aliphatic carbocycles. The minimum Gasteiger partial charge on any atom is -0.456 e. The van der Waals surface area contributed by atoms with Gasteiger partial charge in [-0.05, 0) is 74.3 Å². The van der Waals surface area contributed by atoms with Gasteiger partial charge in [0, 0.05) is 12.8 Å². The first-order valence-corrected chi connectivity index (χ1v) is 9.99. The van der Waals surface area contributed by atoms with Crippen molar-refractivity contribution in [1.29, 1.82) is 0 Å². The molecule has 3 fully saturated rings. The van der Waals surface area contributed by atoms with Crippen LogP contribution < -0.4 is 4.74 Å². The summed E-state index contributed by atoms with van der Waals surface area (Å²) in [6.07, 6.45) is 8.68. The highest BCUT2D eigenvalue weighted by Gasteiger charge is 2.50. The van der Waals surface area contributed by atoms with Crippen molar-refractivity contribution in [2.75, 3.05) is 19.8 Å². The number of fused-ring (bicyclic) bond motifs is 3. The van der Waals surface area contributed by atoms with Crippen molar-refractivity contribution in [3.05, 3.63) is 54.4 Å². The molecule has 2 saturated heterocycles. The van der Waals surface area contributed by atoms with Gasteiger partial charge in [0.05, 0.1) is 18.4 Å². The fraction of sp³-hybridized carbons (Fsp3) is 0.478. The van der Waals surface area contributed by atoms with Crippen LogP contribution in [0, 0.1) is 5.41 Å². The van der Waals surface area contributed by atoms with Gasteiger partial charge in [-0.3, -0.25) is 9.78 Å². The molecule has 0 spiro atoms. The SMILES string of the molecule is CC(=O)COCCC12CCC(c3cccc(Oc4cccnc4)c3)(CC1)OC2. The molecule has 0 atom stereocenters. The van der Waals surface area contributed by atoms with Gasteiger partial charge in [0.25, 0.3) is 0 Å². The van der Waals surface area contributed by atoms with E-state index in [2.05, 4.69) is 17.1 Å². The van der Waals surface area contributed by atoms with Crippen molar-refractivity contribution in [1.82, 2.24) is 4.98 Å². The predicted molar refractivity (Wildman–Crippen MR) is 105 cm³/mol. The zero-order valence-corrected chi connectivity index (χ0v) is 16.4. The second-order valence-electron chi connectivity index (χ2n) is 8.11. The van der Waals surface area contributed by atoms with Gasteiger partial charge >= 0.3 is 0 Å². The van der Waals surface area contributed by atoms with Crippen molar-refractivity contribution in [3.8, 4) is 11.5 Å². The maximum absolute atomic E-state index is 11.0. The summed E-state index contributed by atoms with van der Waals surface area (Å²) in [4.78, 5) is 15.1. The summed E-state index contributed by atoms with van der Waals surface area (Å²) in [5.41, 5.74) is 1.17. The Morgan fingerprint density at radius 3 is 2.64 bits per heavy atom. The molecule has 2 aliphatic heterocycles. The summed E-state index contributed by atoms with van der Waals surface area (Å²) >= 11 is 0. The molecule has 5 nitrogen and oxygen atoms in total. The first kappa shape index (κ1) is 19.1. The Labute approximate surface area is 166 Å². The standard InChI is InChI=1S/C23H27NO4/c1-18(25)16-26-13-11-22-7-9-23(10-8-22,27-17-22)19-4-2-5-20(14-19)28-21-6-3-12-24-15-21/h2-6,12,14-15H,7-11,13,16-17H2,1H3. The normalized spacial score (nSPS) is 26.2. The van der Waals surface area contributed by atoms with Gasteiger partial charge < -0.3 is 14.2 Å². The van der Waals surface area contributed by atoms with Crippen LogP contribution in [0.5, 0.6) is 11.5 Å². The number of aromatic nitrogens is 1. The topological polar surface area (TPSA) is 57.7 Å². The summed E-state index contributed by atoms with van der Waals surface area (Å²) < 4.78 is 17.9. The van der Waals surface area contributed by atoms with E-state index in [1.165, 1.54) is 5.56 Å². The number of nitrogens with zero attached hydrogens (tertiary/aromatic N) is 1. The van der Waals surface area contributed by atoms with Gasteiger partial charge in [0.15, 0.2) is 5.78 Å². The van der Waals surface area contributed by atoms with E-state index in [9.17, 15) is 4.79 Å². The second kappa shape index (κ2) is 8.02. The first-order chi connectivity index (χ1) is 13.6. The van der Waals surface area contributed by atoms with Gasteiger partial charge in [0.2, 0.25) is 0 Å². The lowest BCUT2D eigenvalue weighted by Crippen LogP contribution is -2.49. The smallest absolute Gasteiger partial charge is 0.155 e. The van der Waals surface area contributed by atoms with Crippen LogP contribution in [-0.2, 0) is 19.9 Å². The molecular formula is C23H27NO4. The molecule has 3 aliphatic rings. The molecular weight excluding hydrogens is 354 g/mol. The van der Waals surface area contributed by atoms with E-state index >= 15 is 0 Å². The van der Waals surface area contributed by atoms with Crippen molar-refractivity contribution in [2.45, 2.75) is 44.6 Å². The number of pyridine rings is 1. The minimum atomic E-state index is -0.212. The predicted octanol–water partition coefficient (Wildman–Crippen LogP) is 4.66. The van der Waals surface area contributed by atoms with Crippen LogP contribution in [0.15, 0.2) is 48.8 Å². The maximum Gasteiger partial charge on any atom is 0.155 e. The van der Waals surface area contributed by atoms with Crippen molar-refractivity contribution in [3.63, 3.8) is 0 Å². The molecule has 0 radical (unpaired) electrons. The molecule has 1 aromatic carbocycles. The van der Waals surface area contributed by atoms with Crippen LogP contribution in [0.2, 0.25) is 0 Å². The highest BCUT2D eigenvalue weighted by atomic mass is 16.5. The number of hydrogen-bond donors (Lipinski definition) is 0. The third kappa shape index (κ3) is 4.10. The van der Waals surface area contributed by atoms with Gasteiger partial charge in [-0.1, -0.05) is 12.1 Å². The lowest BCUT2D eigenvalue weighted by molar-refractivity contribution is -0.194. The van der Waals surface area contributed by atoms with E-state index < -0.39 is 0 Å². The average molecular weight is 381 g/mol. The molecule has 28 heavy (non-hydrogen) atoms. The second-order valence-corrected chi connectivity index (χ2v) is 8.11. The molecule has 5 rings (SSSR count). The van der Waals surface area contributed by atoms with Crippen LogP contribution in [0.4, 0.5) is 0 Å². The summed E-state index contributed by atoms with van der Waals surface area (Å²) in [6.45, 7) is 3.15. The number of carbonyl (C=O) groups is 1. The van der Waals surface area contributed by atoms with Gasteiger partial charge in [-0.15, -0.1) is 0 Å². The summed E-state index contributed by atoms with van der Waals surface area (Å²) in [6, 6.07) is 12.0. The molecule has 5 heteroatoms. The third-order valence-corrected chi connectivity index (χ3v) is 6.09. The van der Waals surface area contributed by atoms with Crippen LogP contribution in [0.1, 0.15) is 44.6 Å². The molecule has 3 heterocycles. The number of Topliss-reactive ketones (excluding diaryl/α,β-unsaturated/α-hetero) is 1. The monoisotopic (exact) mass is 381 g/mol. The van der Waals surface area contributed by atoms with E-state index in [0.29, 0.717) is 6.61 Å². The summed E-state index contributed by atoms with van der Waals surface area (Å²) in [5.74, 6) is 1.62. The lowest BCUT2D eigenvalue weighted by Gasteiger charge is -2.53. The quantitative estimate of drug-likeness (QED) is 0.623. The Bertz CT molecular complexity index is 796. The van der Waals surface area contributed by atoms with Gasteiger partial charge in [-0.25, -0.2) is 0 Å². The Morgan fingerprint density at radius 1 is 1.14 bits per heavy atom. The fourth-order valence-corrected chi connectivity index (χ4v) is 4.35. The fourth-order valence-electron chi connectivity index (χ4n) is 4.35. The zero-order chi connectivity index (χ0) is 19.5. The largest absolute Gasteiger partial charge is 0.456 e. The van der Waals surface area contributed by atoms with E-state index in [-0.39, 0.29) is 23.4 Å². The summed E-state index contributed by atoms with van der Waals surface area (Å²) in [7, 11) is 0. The average Bonchev–Trinajstić information content (AvgIpc) is 2.74. The highest BCUT2D eigenvalue weighted by Crippen LogP contribution is 2.55. The Morgan fingerprint density at radius 2 is 1.96 bits per heavy atom. The molecule has 1 aromatic heterocycles. The maximum atomic E-state index is 11.0. The number of carbonyl (C=O) groups excluding carboxylic acids is 1. The van der Waals surface area contributed by atoms with Crippen molar-refractivity contribution in [2.24, 2.45) is 5.41 Å². The van der Waals surface area contributed by atoms with E-state index in [4.69, 9.17) is 14.2 Å². The molecule has 2 aromatic rings. The molecule has 0 amide bonds. The van der Waals surface area contributed by atoms with Crippen LogP contribution in [0.3, 0.4) is 0 Å². The highest BCUT2D eigenvalue weighted by molar-refractivity contribution is 5.76. The molecule has 148 valence electrons. The number of hydrogen-bond acceptors (Lipinski definition) is 5. The van der Waals surface area contributed by atoms with Gasteiger partial charge in [0.1, 0.15) is 18.1 Å². The molecule has 0 N–H and O–H groups in total. The van der Waals surface area contributed by atoms with E-state index in [1.54, 1.807) is 19.3 Å². The van der Waals surface area contributed by atoms with Crippen LogP contribution in [-0.4, -0.2) is 30.6 Å². The minimum absolute atomic E-state index is 0.0773. The number of benzene rings is 1. The lowest BCUT2D eigenvalue weighted by atomic mass is 9.63. The van der Waals surface area contributed by atoms with Crippen molar-refractivity contribution < 1.29 is 19.0 Å². The van der Waals surface area contributed by atoms with Crippen LogP contribution >= 0.6 is 0 Å². The first-order valence-electron chi connectivity index (χ1n) is 9.99. The molecule has 2 bridgehead atoms. The molecule has 1 saturated carbocycles. The Kier molecular flexibility index (Phi) is 5.47. The Balaban J connectivity index is 1.40. The third-order valence-electron chi connectivity index (χ3n) is 6.09. The van der Waals surface area contributed by atoms with Gasteiger partial charge in [-0.2, -0.15) is 0 Å². The van der Waals surface area contributed by atoms with Crippen LogP contribution in [0.25, 0.3) is 0 Å². The van der Waals surface area contributed by atoms with E-state index in [0.717, 1.165) is 50.2 Å². The number of ketones is 1. The number of ether oxygens (including phenoxy) is 3. The van der Waals surface area contributed by atoms with E-state index in [1.807, 2.05) is 24.3 Å². The zero-order valence-electron chi connectivity index (χ0n) is 16.4. The molecule has 0 unspecified atom stereocenters. The number of rotatable bonds is 8. The Hall–Kier alpha value is -2.24. The van der Waals surface area contributed by atoms with Crippen molar-refractivity contribution >= 4 is 5.78 Å². The summed E-state index contributed by atoms with van der Waals surface area (Å²) in [5, 5.41) is 0.